The van der Waals surface area contributed by atoms with Crippen LogP contribution in [-0.2, 0) is 4.74 Å². The normalized spacial score (nSPS) is 10.3. The molecule has 138 valence electrons. The van der Waals surface area contributed by atoms with Gasteiger partial charge in [0, 0.05) is 22.5 Å². The number of ether oxygens (including phenoxy) is 1. The minimum absolute atomic E-state index is 0.309. The van der Waals surface area contributed by atoms with Crippen LogP contribution in [0.1, 0.15) is 23.0 Å². The Morgan fingerprint density at radius 1 is 1.07 bits per heavy atom. The van der Waals surface area contributed by atoms with Crippen molar-refractivity contribution in [3.8, 4) is 0 Å². The summed E-state index contributed by atoms with van der Waals surface area (Å²) in [7, 11) is 0. The SMILES string of the molecule is CCOC(=O)c1ccccc1Nc1nc(C)cc(Nc2ccc(Cl)cc2)n1. The van der Waals surface area contributed by atoms with Crippen molar-refractivity contribution in [2.75, 3.05) is 17.2 Å². The molecule has 2 aromatic carbocycles. The summed E-state index contributed by atoms with van der Waals surface area (Å²) >= 11 is 5.92. The van der Waals surface area contributed by atoms with Crippen LogP contribution in [-0.4, -0.2) is 22.5 Å². The van der Waals surface area contributed by atoms with Gasteiger partial charge in [-0.05, 0) is 50.2 Å². The van der Waals surface area contributed by atoms with Crippen molar-refractivity contribution in [2.24, 2.45) is 0 Å². The van der Waals surface area contributed by atoms with E-state index in [1.165, 1.54) is 0 Å². The molecule has 0 atom stereocenters. The zero-order valence-corrected chi connectivity index (χ0v) is 15.7. The molecule has 0 unspecified atom stereocenters. The molecule has 0 saturated heterocycles. The highest BCUT2D eigenvalue weighted by atomic mass is 35.5. The molecule has 0 bridgehead atoms. The summed E-state index contributed by atoms with van der Waals surface area (Å²) in [4.78, 5) is 21.0. The van der Waals surface area contributed by atoms with Crippen molar-refractivity contribution >= 4 is 40.7 Å². The Balaban J connectivity index is 1.85. The maximum Gasteiger partial charge on any atom is 0.340 e. The van der Waals surface area contributed by atoms with Gasteiger partial charge in [0.1, 0.15) is 5.82 Å². The van der Waals surface area contributed by atoms with Crippen LogP contribution in [0.25, 0.3) is 0 Å². The van der Waals surface area contributed by atoms with E-state index in [1.807, 2.05) is 31.2 Å². The van der Waals surface area contributed by atoms with E-state index in [1.54, 1.807) is 37.3 Å². The molecule has 0 radical (unpaired) electrons. The third kappa shape index (κ3) is 4.95. The van der Waals surface area contributed by atoms with Crippen molar-refractivity contribution < 1.29 is 9.53 Å². The number of anilines is 4. The lowest BCUT2D eigenvalue weighted by Crippen LogP contribution is -2.09. The third-order valence-corrected chi connectivity index (χ3v) is 3.89. The molecule has 0 aliphatic heterocycles. The quantitative estimate of drug-likeness (QED) is 0.577. The Hall–Kier alpha value is -3.12. The van der Waals surface area contributed by atoms with Crippen molar-refractivity contribution in [1.82, 2.24) is 9.97 Å². The van der Waals surface area contributed by atoms with Gasteiger partial charge in [-0.2, -0.15) is 4.98 Å². The maximum absolute atomic E-state index is 12.1. The fraction of sp³-hybridized carbons (Fsp3) is 0.150. The topological polar surface area (TPSA) is 76.1 Å². The zero-order valence-electron chi connectivity index (χ0n) is 15.0. The highest BCUT2D eigenvalue weighted by Crippen LogP contribution is 2.23. The number of nitrogens with one attached hydrogen (secondary N) is 2. The number of esters is 1. The van der Waals surface area contributed by atoms with Crippen LogP contribution in [0, 0.1) is 6.92 Å². The number of hydrogen-bond donors (Lipinski definition) is 2. The lowest BCUT2D eigenvalue weighted by atomic mass is 10.2. The van der Waals surface area contributed by atoms with Gasteiger partial charge in [0.2, 0.25) is 5.95 Å². The molecule has 1 aromatic heterocycles. The second-order valence-corrected chi connectivity index (χ2v) is 6.18. The Morgan fingerprint density at radius 3 is 2.56 bits per heavy atom. The molecular formula is C20H19ClN4O2. The van der Waals surface area contributed by atoms with E-state index < -0.39 is 5.97 Å². The number of aryl methyl sites for hydroxylation is 1. The first kappa shape index (κ1) is 18.7. The van der Waals surface area contributed by atoms with Gasteiger partial charge in [-0.3, -0.25) is 0 Å². The van der Waals surface area contributed by atoms with Crippen LogP contribution in [0.2, 0.25) is 5.02 Å². The monoisotopic (exact) mass is 382 g/mol. The Morgan fingerprint density at radius 2 is 1.81 bits per heavy atom. The van der Waals surface area contributed by atoms with E-state index >= 15 is 0 Å². The smallest absolute Gasteiger partial charge is 0.340 e. The van der Waals surface area contributed by atoms with Gasteiger partial charge in [0.25, 0.3) is 0 Å². The predicted octanol–water partition coefficient (Wildman–Crippen LogP) is 5.10. The highest BCUT2D eigenvalue weighted by Gasteiger charge is 2.13. The molecule has 0 spiro atoms. The molecule has 1 heterocycles. The largest absolute Gasteiger partial charge is 0.462 e. The number of halogens is 1. The van der Waals surface area contributed by atoms with E-state index in [9.17, 15) is 4.79 Å². The number of carbonyl (C=O) groups excluding carboxylic acids is 1. The summed E-state index contributed by atoms with van der Waals surface area (Å²) in [6.07, 6.45) is 0. The van der Waals surface area contributed by atoms with E-state index in [0.29, 0.717) is 34.6 Å². The fourth-order valence-electron chi connectivity index (χ4n) is 2.47. The molecule has 0 aliphatic carbocycles. The molecule has 6 nitrogen and oxygen atoms in total. The highest BCUT2D eigenvalue weighted by molar-refractivity contribution is 6.30. The summed E-state index contributed by atoms with van der Waals surface area (Å²) < 4.78 is 5.10. The molecule has 0 saturated carbocycles. The van der Waals surface area contributed by atoms with Gasteiger partial charge < -0.3 is 15.4 Å². The third-order valence-electron chi connectivity index (χ3n) is 3.64. The Labute approximate surface area is 162 Å². The Bertz CT molecular complexity index is 945. The van der Waals surface area contributed by atoms with Crippen LogP contribution in [0.4, 0.5) is 23.1 Å². The average Bonchev–Trinajstić information content (AvgIpc) is 2.64. The number of rotatable bonds is 6. The molecule has 0 amide bonds. The van der Waals surface area contributed by atoms with Crippen molar-refractivity contribution in [3.05, 3.63) is 70.9 Å². The van der Waals surface area contributed by atoms with Crippen LogP contribution in [0.15, 0.2) is 54.6 Å². The van der Waals surface area contributed by atoms with Crippen LogP contribution in [0.3, 0.4) is 0 Å². The summed E-state index contributed by atoms with van der Waals surface area (Å²) in [6, 6.07) is 16.2. The van der Waals surface area contributed by atoms with Gasteiger partial charge in [-0.1, -0.05) is 23.7 Å². The lowest BCUT2D eigenvalue weighted by molar-refractivity contribution is 0.0527. The van der Waals surface area contributed by atoms with Gasteiger partial charge in [-0.25, -0.2) is 9.78 Å². The number of para-hydroxylation sites is 1. The lowest BCUT2D eigenvalue weighted by Gasteiger charge is -2.12. The molecule has 0 fully saturated rings. The number of nitrogens with zero attached hydrogens (tertiary/aromatic N) is 2. The first-order chi connectivity index (χ1) is 13.0. The number of hydrogen-bond acceptors (Lipinski definition) is 6. The molecule has 7 heteroatoms. The first-order valence-electron chi connectivity index (χ1n) is 8.46. The van der Waals surface area contributed by atoms with Gasteiger partial charge >= 0.3 is 5.97 Å². The van der Waals surface area contributed by atoms with Crippen molar-refractivity contribution in [2.45, 2.75) is 13.8 Å². The van der Waals surface area contributed by atoms with E-state index in [2.05, 4.69) is 20.6 Å². The summed E-state index contributed by atoms with van der Waals surface area (Å²) in [5, 5.41) is 6.98. The molecule has 3 aromatic rings. The average molecular weight is 383 g/mol. The summed E-state index contributed by atoms with van der Waals surface area (Å²) in [6.45, 7) is 3.95. The van der Waals surface area contributed by atoms with Gasteiger partial charge in [0.05, 0.1) is 17.9 Å². The zero-order chi connectivity index (χ0) is 19.2. The second kappa shape index (κ2) is 8.51. The van der Waals surface area contributed by atoms with E-state index in [4.69, 9.17) is 16.3 Å². The minimum atomic E-state index is -0.396. The summed E-state index contributed by atoms with van der Waals surface area (Å²) in [5.41, 5.74) is 2.64. The summed E-state index contributed by atoms with van der Waals surface area (Å²) in [5.74, 6) is 0.608. The number of aromatic nitrogens is 2. The fourth-order valence-corrected chi connectivity index (χ4v) is 2.59. The molecule has 0 aliphatic rings. The molecular weight excluding hydrogens is 364 g/mol. The van der Waals surface area contributed by atoms with Crippen LogP contribution >= 0.6 is 11.6 Å². The van der Waals surface area contributed by atoms with Gasteiger partial charge in [-0.15, -0.1) is 0 Å². The maximum atomic E-state index is 12.1. The Kier molecular flexibility index (Phi) is 5.88. The first-order valence-corrected chi connectivity index (χ1v) is 8.84. The van der Waals surface area contributed by atoms with E-state index in [0.717, 1.165) is 11.4 Å². The molecule has 27 heavy (non-hydrogen) atoms. The standard InChI is InChI=1S/C20H19ClN4O2/c1-3-27-19(26)16-6-4-5-7-17(16)24-20-22-13(2)12-18(25-20)23-15-10-8-14(21)9-11-15/h4-12H,3H2,1-2H3,(H2,22,23,24,25). The second-order valence-electron chi connectivity index (χ2n) is 5.74. The molecule has 2 N–H and O–H groups in total. The van der Waals surface area contributed by atoms with Crippen molar-refractivity contribution in [3.63, 3.8) is 0 Å². The van der Waals surface area contributed by atoms with Crippen LogP contribution < -0.4 is 10.6 Å². The predicted molar refractivity (Wildman–Crippen MR) is 107 cm³/mol. The molecule has 3 rings (SSSR count). The minimum Gasteiger partial charge on any atom is -0.462 e. The van der Waals surface area contributed by atoms with E-state index in [-0.39, 0.29) is 0 Å². The van der Waals surface area contributed by atoms with Crippen LogP contribution in [0.5, 0.6) is 0 Å². The number of carbonyl (C=O) groups is 1. The van der Waals surface area contributed by atoms with Gasteiger partial charge in [0.15, 0.2) is 0 Å². The van der Waals surface area contributed by atoms with Crippen molar-refractivity contribution in [1.29, 1.82) is 0 Å². The number of benzene rings is 2.